The van der Waals surface area contributed by atoms with Crippen LogP contribution in [0.5, 0.6) is 5.75 Å². The molecule has 2 bridgehead atoms. The number of aliphatic hydroxyl groups is 1. The Morgan fingerprint density at radius 3 is 1.59 bits per heavy atom. The Labute approximate surface area is 581 Å². The van der Waals surface area contributed by atoms with Gasteiger partial charge in [-0.2, -0.15) is 0 Å². The highest BCUT2D eigenvalue weighted by molar-refractivity contribution is 8.77. The number of fused-ring (bicyclic) bond motifs is 6. The highest BCUT2D eigenvalue weighted by Crippen LogP contribution is 2.26. The third kappa shape index (κ3) is 23.0. The number of hydrogen-bond donors (Lipinski definition) is 18. The topological polar surface area (TPSA) is 503 Å². The number of carbonyl (C=O) groups is 13. The SMILES string of the molecule is CC[C@H](C)[C@@H]1NC(=O)[C@@H]2CSSC[C@H](NC(=O)[C@H](C)NC(=O)[C@H](Cc3cnc[nH]3)NC(=O)[C@H](C)NC1=O)C(=O)N[C@@H](Cc1c[nH]c3ccccc13)C(=O)N[C@@H]([C@@H](C)O)C(=O)N[C@H](C(N)=O)CSSC[C@H](N)C(=O)N[C@@H](C(C)C)C(=O)N[C@@H](C)C(=O)N[C@@H](Cc1ccc(O)cc1)C(=O)N2. The molecule has 32 nitrogen and oxygen atoms in total. The molecule has 0 saturated carbocycles. The van der Waals surface area contributed by atoms with Crippen LogP contribution in [0.1, 0.15) is 78.6 Å². The number of nitrogens with two attached hydrogens (primary N) is 2. The third-order valence-electron chi connectivity index (χ3n) is 16.1. The molecule has 2 aromatic carbocycles. The number of aromatic nitrogens is 3. The van der Waals surface area contributed by atoms with Crippen molar-refractivity contribution in [2.45, 2.75) is 166 Å². The van der Waals surface area contributed by atoms with Crippen molar-refractivity contribution in [3.8, 4) is 5.75 Å². The van der Waals surface area contributed by atoms with Crippen molar-refractivity contribution in [3.63, 3.8) is 0 Å². The number of rotatable bonds is 11. The number of aliphatic hydroxyl groups excluding tert-OH is 1. The second kappa shape index (κ2) is 37.4. The Kier molecular flexibility index (Phi) is 29.9. The standard InChI is InChI=1S/C62H87N17O15S4/c1-9-29(4)48-61(93)70-32(7)52(84)72-43(20-36-22-65-27-67-36)55(87)68-30(5)53(85)75-45-25-97-98-26-46(59(91)78-48)76-56(88)41(18-34-14-16-37(81)17-15-34)71-51(83)31(6)69-60(92)47(28(2)3)77-54(86)39(63)23-95-96-24-44(50(64)82)74-62(94)49(33(8)80)79-57(89)42(73-58(45)90)19-35-21-66-40-13-11-10-12-38(35)40/h10-17,21-22,27-33,39,41-49,66,80-81H,9,18-20,23-26,63H2,1-8H3,(H2,64,82)(H,65,67)(H,68,87)(H,69,92)(H,70,93)(H,71,83)(H,72,84)(H,73,90)(H,74,94)(H,75,85)(H,76,88)(H,77,86)(H,78,91)(H,79,89)/t29-,30-,31-,32-,33+,39-,41-,42-,43-,44-,45-,46-,47-,48-,49-/m0/s1. The molecular formula is C62H87N17O15S4. The van der Waals surface area contributed by atoms with E-state index in [0.29, 0.717) is 34.1 Å². The Balaban J connectivity index is 1.46. The van der Waals surface area contributed by atoms with Gasteiger partial charge in [0.25, 0.3) is 0 Å². The Morgan fingerprint density at radius 1 is 0.531 bits per heavy atom. The van der Waals surface area contributed by atoms with E-state index in [4.69, 9.17) is 11.5 Å². The maximum Gasteiger partial charge on any atom is 0.245 e. The van der Waals surface area contributed by atoms with Crippen LogP contribution >= 0.6 is 43.2 Å². The van der Waals surface area contributed by atoms with Crippen LogP contribution in [0.4, 0.5) is 0 Å². The van der Waals surface area contributed by atoms with Crippen LogP contribution in [-0.2, 0) is 81.6 Å². The van der Waals surface area contributed by atoms with Gasteiger partial charge in [0, 0.05) is 71.3 Å². The number of hydrogen-bond acceptors (Lipinski definition) is 21. The average Bonchev–Trinajstić information content (AvgIpc) is 1.62. The molecule has 2 saturated heterocycles. The molecule has 2 fully saturated rings. The quantitative estimate of drug-likeness (QED) is 0.0674. The van der Waals surface area contributed by atoms with Crippen molar-refractivity contribution in [1.29, 1.82) is 0 Å². The van der Waals surface area contributed by atoms with Gasteiger partial charge in [-0.1, -0.05) is 108 Å². The van der Waals surface area contributed by atoms with Crippen LogP contribution in [0.3, 0.4) is 0 Å². The third-order valence-corrected chi connectivity index (χ3v) is 21.0. The summed E-state index contributed by atoms with van der Waals surface area (Å²) in [5.74, 6) is -14.5. The number of H-pyrrole nitrogens is 2. The van der Waals surface area contributed by atoms with Gasteiger partial charge in [-0.05, 0) is 68.9 Å². The van der Waals surface area contributed by atoms with Crippen LogP contribution in [0.25, 0.3) is 10.9 Å². The van der Waals surface area contributed by atoms with Crippen molar-refractivity contribution in [2.24, 2.45) is 23.3 Å². The summed E-state index contributed by atoms with van der Waals surface area (Å²) in [7, 11) is 3.79. The lowest BCUT2D eigenvalue weighted by Gasteiger charge is -2.29. The van der Waals surface area contributed by atoms with Gasteiger partial charge in [-0.3, -0.25) is 62.3 Å². The van der Waals surface area contributed by atoms with E-state index in [1.54, 1.807) is 58.2 Å². The van der Waals surface area contributed by atoms with E-state index in [2.05, 4.69) is 78.8 Å². The van der Waals surface area contributed by atoms with E-state index in [1.807, 2.05) is 0 Å². The molecule has 13 amide bonds. The first kappa shape index (κ1) is 78.4. The molecule has 0 spiro atoms. The van der Waals surface area contributed by atoms with Crippen LogP contribution in [0.15, 0.2) is 67.3 Å². The highest BCUT2D eigenvalue weighted by atomic mass is 33.1. The molecule has 98 heavy (non-hydrogen) atoms. The zero-order valence-corrected chi connectivity index (χ0v) is 58.4. The van der Waals surface area contributed by atoms with Gasteiger partial charge in [0.1, 0.15) is 78.3 Å². The molecule has 4 aromatic rings. The Morgan fingerprint density at radius 2 is 1.01 bits per heavy atom. The normalized spacial score (nSPS) is 27.6. The molecule has 15 atom stereocenters. The molecule has 0 aliphatic carbocycles. The molecule has 4 heterocycles. The molecular weight excluding hydrogens is 1350 g/mol. The summed E-state index contributed by atoms with van der Waals surface area (Å²) < 4.78 is 0. The highest BCUT2D eigenvalue weighted by Gasteiger charge is 2.39. The van der Waals surface area contributed by atoms with Crippen LogP contribution in [0, 0.1) is 11.8 Å². The predicted octanol–water partition coefficient (Wildman–Crippen LogP) is -2.81. The van der Waals surface area contributed by atoms with E-state index in [1.165, 1.54) is 64.5 Å². The first-order valence-corrected chi connectivity index (χ1v) is 36.6. The zero-order valence-electron chi connectivity index (χ0n) is 55.2. The summed E-state index contributed by atoms with van der Waals surface area (Å²) in [4.78, 5) is 195. The first-order valence-electron chi connectivity index (χ1n) is 31.6. The largest absolute Gasteiger partial charge is 0.508 e. The summed E-state index contributed by atoms with van der Waals surface area (Å²) in [5, 5.41) is 53.2. The summed E-state index contributed by atoms with van der Waals surface area (Å²) in [6.45, 7) is 11.8. The van der Waals surface area contributed by atoms with E-state index >= 15 is 4.79 Å². The molecule has 20 N–H and O–H groups in total. The number of nitrogens with zero attached hydrogens (tertiary/aromatic N) is 1. The van der Waals surface area contributed by atoms with Crippen molar-refractivity contribution >= 4 is 131 Å². The number of benzene rings is 2. The number of amides is 13. The number of nitrogens with one attached hydrogen (secondary N) is 14. The fourth-order valence-corrected chi connectivity index (χ4v) is 14.6. The van der Waals surface area contributed by atoms with Crippen molar-refractivity contribution < 1.29 is 72.5 Å². The molecule has 2 aliphatic rings. The van der Waals surface area contributed by atoms with Crippen molar-refractivity contribution in [2.75, 3.05) is 23.0 Å². The van der Waals surface area contributed by atoms with Gasteiger partial charge in [-0.15, -0.1) is 0 Å². The van der Waals surface area contributed by atoms with Crippen molar-refractivity contribution in [1.82, 2.24) is 78.8 Å². The van der Waals surface area contributed by atoms with E-state index in [9.17, 15) is 67.7 Å². The Bertz CT molecular complexity index is 3490. The maximum absolute atomic E-state index is 15.1. The molecule has 0 unspecified atom stereocenters. The molecule has 36 heteroatoms. The lowest BCUT2D eigenvalue weighted by atomic mass is 9.97. The summed E-state index contributed by atoms with van der Waals surface area (Å²) in [6, 6.07) is -6.51. The number of para-hydroxylation sites is 1. The molecule has 2 aliphatic heterocycles. The fourth-order valence-electron chi connectivity index (χ4n) is 9.96. The Hall–Kier alpha value is -8.58. The average molecular weight is 1440 g/mol. The molecule has 534 valence electrons. The van der Waals surface area contributed by atoms with Gasteiger partial charge < -0.3 is 95.4 Å². The number of imidazole rings is 1. The second-order valence-electron chi connectivity index (χ2n) is 24.2. The summed E-state index contributed by atoms with van der Waals surface area (Å²) >= 11 is 0. The number of phenols is 1. The monoisotopic (exact) mass is 1440 g/mol. The van der Waals surface area contributed by atoms with Crippen LogP contribution in [0.2, 0.25) is 0 Å². The minimum absolute atomic E-state index is 0.109. The van der Waals surface area contributed by atoms with Crippen LogP contribution in [-0.4, -0.2) is 210 Å². The van der Waals surface area contributed by atoms with Gasteiger partial charge in [-0.25, -0.2) is 4.98 Å². The molecule has 2 aromatic heterocycles. The lowest BCUT2D eigenvalue weighted by Crippen LogP contribution is -2.62. The van der Waals surface area contributed by atoms with Crippen molar-refractivity contribution in [3.05, 3.63) is 84.1 Å². The van der Waals surface area contributed by atoms with Gasteiger partial charge in [0.2, 0.25) is 76.8 Å². The second-order valence-corrected chi connectivity index (χ2v) is 29.4. The maximum atomic E-state index is 15.1. The first-order chi connectivity index (χ1) is 46.4. The minimum atomic E-state index is -1.80. The number of aromatic amines is 2. The number of carbonyl (C=O) groups excluding carboxylic acids is 13. The minimum Gasteiger partial charge on any atom is -0.508 e. The smallest absolute Gasteiger partial charge is 0.245 e. The number of phenolic OH excluding ortho intramolecular Hbond substituents is 1. The summed E-state index contributed by atoms with van der Waals surface area (Å²) in [5.41, 5.74) is 13.9. The van der Waals surface area contributed by atoms with E-state index < -0.39 is 173 Å². The van der Waals surface area contributed by atoms with Gasteiger partial charge >= 0.3 is 0 Å². The lowest BCUT2D eigenvalue weighted by molar-refractivity contribution is -0.136. The van der Waals surface area contributed by atoms with E-state index in [0.717, 1.165) is 43.2 Å². The van der Waals surface area contributed by atoms with Gasteiger partial charge in [0.05, 0.1) is 18.5 Å². The molecule has 6 rings (SSSR count). The molecule has 0 radical (unpaired) electrons. The summed E-state index contributed by atoms with van der Waals surface area (Å²) in [6.07, 6.45) is 2.23. The fraction of sp³-hybridized carbons (Fsp3) is 0.516. The van der Waals surface area contributed by atoms with Gasteiger partial charge in [0.15, 0.2) is 0 Å². The zero-order chi connectivity index (χ0) is 72.1. The number of primary amides is 1. The number of aromatic hydroxyl groups is 1. The van der Waals surface area contributed by atoms with E-state index in [-0.39, 0.29) is 48.0 Å². The predicted molar refractivity (Wildman–Crippen MR) is 369 cm³/mol. The van der Waals surface area contributed by atoms with Crippen LogP contribution < -0.4 is 75.3 Å².